The molecule has 0 amide bonds. The molecule has 2 aromatic carbocycles. The quantitative estimate of drug-likeness (QED) is 0.656. The average molecular weight is 330 g/mol. The van der Waals surface area contributed by atoms with Gasteiger partial charge in [0.05, 0.1) is 13.2 Å². The number of rotatable bonds is 10. The molecule has 0 aliphatic rings. The van der Waals surface area contributed by atoms with E-state index in [9.17, 15) is 0 Å². The Labute approximate surface area is 143 Å². The van der Waals surface area contributed by atoms with Crippen LogP contribution in [0.5, 0.6) is 11.5 Å². The lowest BCUT2D eigenvalue weighted by Crippen LogP contribution is -2.01. The van der Waals surface area contributed by atoms with Gasteiger partial charge in [-0.05, 0) is 35.4 Å². The Morgan fingerprint density at radius 1 is 0.708 bits per heavy atom. The second-order valence-corrected chi connectivity index (χ2v) is 5.71. The molecule has 4 nitrogen and oxygen atoms in total. The van der Waals surface area contributed by atoms with Crippen LogP contribution in [0.2, 0.25) is 0 Å². The first kappa shape index (κ1) is 18.3. The van der Waals surface area contributed by atoms with E-state index in [1.54, 1.807) is 0 Å². The van der Waals surface area contributed by atoms with Gasteiger partial charge in [0.15, 0.2) is 0 Å². The average Bonchev–Trinajstić information content (AvgIpc) is 2.63. The predicted octanol–water partition coefficient (Wildman–Crippen LogP) is 3.36. The molecule has 24 heavy (non-hydrogen) atoms. The number of aliphatic hydroxyl groups excluding tert-OH is 2. The maximum atomic E-state index is 8.77. The molecular weight excluding hydrogens is 304 g/mol. The van der Waals surface area contributed by atoms with Crippen molar-refractivity contribution in [2.75, 3.05) is 26.4 Å². The number of hydrogen-bond donors (Lipinski definition) is 2. The van der Waals surface area contributed by atoms with Gasteiger partial charge in [-0.25, -0.2) is 0 Å². The smallest absolute Gasteiger partial charge is 0.119 e. The Morgan fingerprint density at radius 2 is 1.08 bits per heavy atom. The minimum absolute atomic E-state index is 0.148. The molecule has 0 saturated carbocycles. The highest BCUT2D eigenvalue weighted by atomic mass is 16.5. The molecule has 0 aromatic heterocycles. The molecule has 130 valence electrons. The zero-order valence-corrected chi connectivity index (χ0v) is 14.1. The van der Waals surface area contributed by atoms with Gasteiger partial charge < -0.3 is 19.7 Å². The van der Waals surface area contributed by atoms with Crippen LogP contribution in [-0.4, -0.2) is 36.6 Å². The lowest BCUT2D eigenvalue weighted by Gasteiger charge is -2.14. The van der Waals surface area contributed by atoms with E-state index in [4.69, 9.17) is 19.7 Å². The summed E-state index contributed by atoms with van der Waals surface area (Å²) in [6, 6.07) is 16.2. The van der Waals surface area contributed by atoms with Gasteiger partial charge in [0.25, 0.3) is 0 Å². The molecule has 0 aliphatic carbocycles. The van der Waals surface area contributed by atoms with Gasteiger partial charge in [0.1, 0.15) is 11.5 Å². The zero-order valence-electron chi connectivity index (χ0n) is 14.1. The van der Waals surface area contributed by atoms with E-state index in [-0.39, 0.29) is 19.1 Å². The lowest BCUT2D eigenvalue weighted by molar-refractivity contribution is 0.233. The van der Waals surface area contributed by atoms with Gasteiger partial charge in [0, 0.05) is 32.0 Å². The minimum atomic E-state index is 0.148. The van der Waals surface area contributed by atoms with Crippen LogP contribution >= 0.6 is 0 Å². The van der Waals surface area contributed by atoms with E-state index in [2.05, 4.69) is 31.2 Å². The van der Waals surface area contributed by atoms with Crippen molar-refractivity contribution in [1.82, 2.24) is 0 Å². The molecule has 4 heteroatoms. The van der Waals surface area contributed by atoms with E-state index in [1.807, 2.05) is 24.3 Å². The van der Waals surface area contributed by atoms with Crippen LogP contribution in [0, 0.1) is 0 Å². The molecule has 0 heterocycles. The first-order chi connectivity index (χ1) is 11.7. The maximum absolute atomic E-state index is 8.77. The first-order valence-electron chi connectivity index (χ1n) is 8.42. The normalized spacial score (nSPS) is 10.8. The Bertz CT molecular complexity index is 524. The Balaban J connectivity index is 1.93. The van der Waals surface area contributed by atoms with Crippen LogP contribution in [0.3, 0.4) is 0 Å². The monoisotopic (exact) mass is 330 g/mol. The van der Waals surface area contributed by atoms with Crippen molar-refractivity contribution in [2.24, 2.45) is 0 Å². The van der Waals surface area contributed by atoms with Crippen LogP contribution in [0.25, 0.3) is 0 Å². The molecule has 2 rings (SSSR count). The van der Waals surface area contributed by atoms with Crippen molar-refractivity contribution >= 4 is 0 Å². The van der Waals surface area contributed by atoms with Crippen LogP contribution in [-0.2, 0) is 0 Å². The summed E-state index contributed by atoms with van der Waals surface area (Å²) in [6.45, 7) is 3.53. The van der Waals surface area contributed by atoms with Gasteiger partial charge in [0.2, 0.25) is 0 Å². The summed E-state index contributed by atoms with van der Waals surface area (Å²) in [5.41, 5.74) is 2.44. The first-order valence-corrected chi connectivity index (χ1v) is 8.42. The molecule has 0 atom stereocenters. The summed E-state index contributed by atoms with van der Waals surface area (Å²) in [5.74, 6) is 1.93. The fourth-order valence-corrected chi connectivity index (χ4v) is 2.41. The van der Waals surface area contributed by atoms with Crippen LogP contribution < -0.4 is 9.47 Å². The van der Waals surface area contributed by atoms with E-state index in [0.717, 1.165) is 11.5 Å². The van der Waals surface area contributed by atoms with Crippen molar-refractivity contribution in [1.29, 1.82) is 0 Å². The third-order valence-electron chi connectivity index (χ3n) is 3.90. The summed E-state index contributed by atoms with van der Waals surface area (Å²) in [6.07, 6.45) is 1.29. The van der Waals surface area contributed by atoms with Crippen LogP contribution in [0.1, 0.15) is 36.8 Å². The Hall–Kier alpha value is -2.04. The molecule has 0 bridgehead atoms. The number of benzene rings is 2. The summed E-state index contributed by atoms with van der Waals surface area (Å²) >= 11 is 0. The van der Waals surface area contributed by atoms with Crippen molar-refractivity contribution < 1.29 is 19.7 Å². The van der Waals surface area contributed by atoms with E-state index < -0.39 is 0 Å². The molecule has 0 unspecified atom stereocenters. The summed E-state index contributed by atoms with van der Waals surface area (Å²) < 4.78 is 11.1. The van der Waals surface area contributed by atoms with Crippen LogP contribution in [0.15, 0.2) is 48.5 Å². The number of ether oxygens (including phenoxy) is 2. The third-order valence-corrected chi connectivity index (χ3v) is 3.90. The Morgan fingerprint density at radius 3 is 1.42 bits per heavy atom. The maximum Gasteiger partial charge on any atom is 0.119 e. The molecule has 2 N–H and O–H groups in total. The topological polar surface area (TPSA) is 58.9 Å². The molecule has 0 aliphatic heterocycles. The van der Waals surface area contributed by atoms with Crippen molar-refractivity contribution in [3.05, 3.63) is 59.7 Å². The minimum Gasteiger partial charge on any atom is -0.494 e. The largest absolute Gasteiger partial charge is 0.494 e. The highest BCUT2D eigenvalue weighted by Crippen LogP contribution is 2.27. The highest BCUT2D eigenvalue weighted by Gasteiger charge is 2.09. The summed E-state index contributed by atoms with van der Waals surface area (Å²) in [5, 5.41) is 17.5. The van der Waals surface area contributed by atoms with Gasteiger partial charge in [-0.1, -0.05) is 31.2 Å². The highest BCUT2D eigenvalue weighted by molar-refractivity contribution is 5.37. The fourth-order valence-electron chi connectivity index (χ4n) is 2.41. The lowest BCUT2D eigenvalue weighted by atomic mass is 9.93. The van der Waals surface area contributed by atoms with E-state index in [1.165, 1.54) is 11.1 Å². The summed E-state index contributed by atoms with van der Waals surface area (Å²) in [7, 11) is 0. The molecular formula is C20H26O4. The SMILES string of the molecule is CC(c1ccc(OCCCO)cc1)c1ccc(OCCCO)cc1. The number of hydrogen-bond acceptors (Lipinski definition) is 4. The van der Waals surface area contributed by atoms with E-state index in [0.29, 0.717) is 26.1 Å². The fraction of sp³-hybridized carbons (Fsp3) is 0.400. The molecule has 2 aromatic rings. The van der Waals surface area contributed by atoms with Crippen molar-refractivity contribution in [2.45, 2.75) is 25.7 Å². The second-order valence-electron chi connectivity index (χ2n) is 5.71. The zero-order chi connectivity index (χ0) is 17.2. The third kappa shape index (κ3) is 5.55. The van der Waals surface area contributed by atoms with Gasteiger partial charge >= 0.3 is 0 Å². The summed E-state index contributed by atoms with van der Waals surface area (Å²) in [4.78, 5) is 0. The van der Waals surface area contributed by atoms with E-state index >= 15 is 0 Å². The van der Waals surface area contributed by atoms with Gasteiger partial charge in [-0.3, -0.25) is 0 Å². The molecule has 0 spiro atoms. The second kappa shape index (κ2) is 9.96. The number of aliphatic hydroxyl groups is 2. The van der Waals surface area contributed by atoms with Gasteiger partial charge in [-0.2, -0.15) is 0 Å². The molecule has 0 radical (unpaired) electrons. The van der Waals surface area contributed by atoms with Gasteiger partial charge in [-0.15, -0.1) is 0 Å². The van der Waals surface area contributed by atoms with Crippen molar-refractivity contribution in [3.63, 3.8) is 0 Å². The van der Waals surface area contributed by atoms with Crippen molar-refractivity contribution in [3.8, 4) is 11.5 Å². The van der Waals surface area contributed by atoms with Crippen LogP contribution in [0.4, 0.5) is 0 Å². The molecule has 0 fully saturated rings. The predicted molar refractivity (Wildman–Crippen MR) is 94.8 cm³/mol. The standard InChI is InChI=1S/C20H26O4/c1-16(17-4-8-19(9-5-17)23-14-2-12-21)18-6-10-20(11-7-18)24-15-3-13-22/h4-11,16,21-22H,2-3,12-15H2,1H3. The molecule has 0 saturated heterocycles. The Kier molecular flexibility index (Phi) is 7.59.